The average molecular weight is 577 g/mol. The van der Waals surface area contributed by atoms with E-state index in [4.69, 9.17) is 4.74 Å². The van der Waals surface area contributed by atoms with Gasteiger partial charge in [0, 0.05) is 34.5 Å². The van der Waals surface area contributed by atoms with E-state index in [9.17, 15) is 14.4 Å². The standard InChI is InChI=1S/C29H29BrN4O4/c1-38-25-13-11-23(12-14-25)31-26(35)19-33-20-34(24-5-3-2-4-6-24)29(28(33)37)15-17-32(18-16-29)27(36)21-7-9-22(30)10-8-21/h2-14H,15-20H2,1H3,(H,31,35). The lowest BCUT2D eigenvalue weighted by Crippen LogP contribution is -2.57. The van der Waals surface area contributed by atoms with Crippen LogP contribution in [0.15, 0.2) is 83.3 Å². The van der Waals surface area contributed by atoms with Gasteiger partial charge in [0.05, 0.1) is 13.8 Å². The molecule has 5 rings (SSSR count). The number of rotatable bonds is 6. The molecule has 2 aliphatic rings. The van der Waals surface area contributed by atoms with Crippen LogP contribution in [0.1, 0.15) is 23.2 Å². The summed E-state index contributed by atoms with van der Waals surface area (Å²) in [6, 6.07) is 24.2. The number of carbonyl (C=O) groups excluding carboxylic acids is 3. The minimum atomic E-state index is -0.807. The minimum Gasteiger partial charge on any atom is -0.497 e. The molecule has 3 aromatic rings. The maximum atomic E-state index is 13.9. The summed E-state index contributed by atoms with van der Waals surface area (Å²) in [6.45, 7) is 1.16. The lowest BCUT2D eigenvalue weighted by molar-refractivity contribution is -0.136. The highest BCUT2D eigenvalue weighted by Gasteiger charge is 2.54. The molecule has 0 aliphatic carbocycles. The molecule has 0 aromatic heterocycles. The van der Waals surface area contributed by atoms with Crippen molar-refractivity contribution >= 4 is 45.0 Å². The molecule has 9 heteroatoms. The molecule has 38 heavy (non-hydrogen) atoms. The molecule has 0 radical (unpaired) electrons. The lowest BCUT2D eigenvalue weighted by Gasteiger charge is -2.43. The Bertz CT molecular complexity index is 1310. The number of hydrogen-bond donors (Lipinski definition) is 1. The fraction of sp³-hybridized carbons (Fsp3) is 0.276. The van der Waals surface area contributed by atoms with Gasteiger partial charge in [-0.15, -0.1) is 0 Å². The number of ether oxygens (including phenoxy) is 1. The van der Waals surface area contributed by atoms with Crippen LogP contribution >= 0.6 is 15.9 Å². The Balaban J connectivity index is 1.32. The predicted octanol–water partition coefficient (Wildman–Crippen LogP) is 4.38. The van der Waals surface area contributed by atoms with Crippen LogP contribution in [-0.2, 0) is 9.59 Å². The van der Waals surface area contributed by atoms with Crippen LogP contribution in [-0.4, -0.2) is 66.5 Å². The highest BCUT2D eigenvalue weighted by Crippen LogP contribution is 2.39. The van der Waals surface area contributed by atoms with Crippen molar-refractivity contribution in [3.05, 3.63) is 88.9 Å². The van der Waals surface area contributed by atoms with Crippen LogP contribution in [0.2, 0.25) is 0 Å². The lowest BCUT2D eigenvalue weighted by atomic mass is 9.85. The van der Waals surface area contributed by atoms with Gasteiger partial charge in [-0.3, -0.25) is 14.4 Å². The van der Waals surface area contributed by atoms with Crippen LogP contribution in [0, 0.1) is 0 Å². The van der Waals surface area contributed by atoms with E-state index in [-0.39, 0.29) is 24.3 Å². The molecule has 1 N–H and O–H groups in total. The van der Waals surface area contributed by atoms with Gasteiger partial charge in [0.15, 0.2) is 0 Å². The molecular weight excluding hydrogens is 548 g/mol. The van der Waals surface area contributed by atoms with Crippen LogP contribution in [0.4, 0.5) is 11.4 Å². The number of amides is 3. The monoisotopic (exact) mass is 576 g/mol. The van der Waals surface area contributed by atoms with Gasteiger partial charge in [-0.25, -0.2) is 0 Å². The highest BCUT2D eigenvalue weighted by molar-refractivity contribution is 9.10. The van der Waals surface area contributed by atoms with Crippen LogP contribution in [0.5, 0.6) is 5.75 Å². The normalized spacial score (nSPS) is 16.6. The number of para-hydroxylation sites is 1. The molecule has 2 fully saturated rings. The Hall–Kier alpha value is -3.85. The van der Waals surface area contributed by atoms with Gasteiger partial charge >= 0.3 is 0 Å². The van der Waals surface area contributed by atoms with E-state index in [1.54, 1.807) is 48.4 Å². The van der Waals surface area contributed by atoms with Gasteiger partial charge in [-0.2, -0.15) is 0 Å². The largest absolute Gasteiger partial charge is 0.497 e. The van der Waals surface area contributed by atoms with E-state index in [2.05, 4.69) is 26.1 Å². The number of carbonyl (C=O) groups is 3. The Morgan fingerprint density at radius 2 is 1.61 bits per heavy atom. The van der Waals surface area contributed by atoms with Crippen molar-refractivity contribution in [1.29, 1.82) is 0 Å². The zero-order chi connectivity index (χ0) is 26.7. The number of anilines is 2. The summed E-state index contributed by atoms with van der Waals surface area (Å²) in [4.78, 5) is 45.4. The van der Waals surface area contributed by atoms with E-state index in [1.165, 1.54) is 0 Å². The summed E-state index contributed by atoms with van der Waals surface area (Å²) in [5, 5.41) is 2.87. The first kappa shape index (κ1) is 25.8. The number of hydrogen-bond acceptors (Lipinski definition) is 5. The van der Waals surface area contributed by atoms with Gasteiger partial charge in [-0.05, 0) is 73.5 Å². The number of benzene rings is 3. The third-order valence-electron chi connectivity index (χ3n) is 7.26. The van der Waals surface area contributed by atoms with Gasteiger partial charge in [0.2, 0.25) is 5.91 Å². The fourth-order valence-corrected chi connectivity index (χ4v) is 5.49. The molecule has 0 atom stereocenters. The Kier molecular flexibility index (Phi) is 7.37. The van der Waals surface area contributed by atoms with Crippen molar-refractivity contribution in [3.8, 4) is 5.75 Å². The third kappa shape index (κ3) is 5.11. The zero-order valence-corrected chi connectivity index (χ0v) is 22.7. The first-order chi connectivity index (χ1) is 18.4. The van der Waals surface area contributed by atoms with Crippen molar-refractivity contribution in [2.45, 2.75) is 18.4 Å². The maximum absolute atomic E-state index is 13.9. The van der Waals surface area contributed by atoms with Crippen molar-refractivity contribution in [3.63, 3.8) is 0 Å². The number of likely N-dealkylation sites (tertiary alicyclic amines) is 1. The molecule has 0 saturated carbocycles. The molecule has 0 bridgehead atoms. The van der Waals surface area contributed by atoms with Crippen molar-refractivity contribution in [1.82, 2.24) is 9.80 Å². The maximum Gasteiger partial charge on any atom is 0.253 e. The second kappa shape index (κ2) is 10.9. The number of methoxy groups -OCH3 is 1. The minimum absolute atomic E-state index is 0.0419. The second-order valence-corrected chi connectivity index (χ2v) is 10.4. The van der Waals surface area contributed by atoms with Gasteiger partial charge in [0.1, 0.15) is 17.8 Å². The first-order valence-electron chi connectivity index (χ1n) is 12.5. The van der Waals surface area contributed by atoms with Gasteiger partial charge < -0.3 is 24.8 Å². The molecule has 196 valence electrons. The summed E-state index contributed by atoms with van der Waals surface area (Å²) in [5.41, 5.74) is 1.38. The quantitative estimate of drug-likeness (QED) is 0.471. The van der Waals surface area contributed by atoms with Crippen molar-refractivity contribution in [2.75, 3.05) is 43.6 Å². The highest BCUT2D eigenvalue weighted by atomic mass is 79.9. The average Bonchev–Trinajstić information content (AvgIpc) is 3.20. The van der Waals surface area contributed by atoms with Crippen molar-refractivity contribution < 1.29 is 19.1 Å². The SMILES string of the molecule is COc1ccc(NC(=O)CN2CN(c3ccccc3)C3(CCN(C(=O)c4ccc(Br)cc4)CC3)C2=O)cc1. The van der Waals surface area contributed by atoms with E-state index in [0.29, 0.717) is 49.6 Å². The molecule has 2 heterocycles. The van der Waals surface area contributed by atoms with Gasteiger partial charge in [0.25, 0.3) is 11.8 Å². The molecule has 2 aliphatic heterocycles. The van der Waals surface area contributed by atoms with Crippen LogP contribution in [0.25, 0.3) is 0 Å². The van der Waals surface area contributed by atoms with Crippen molar-refractivity contribution in [2.24, 2.45) is 0 Å². The van der Waals surface area contributed by atoms with E-state index in [0.717, 1.165) is 10.2 Å². The number of nitrogens with one attached hydrogen (secondary N) is 1. The smallest absolute Gasteiger partial charge is 0.253 e. The molecule has 2 saturated heterocycles. The van der Waals surface area contributed by atoms with E-state index >= 15 is 0 Å². The first-order valence-corrected chi connectivity index (χ1v) is 13.3. The summed E-state index contributed by atoms with van der Waals surface area (Å²) < 4.78 is 6.08. The molecule has 0 unspecified atom stereocenters. The second-order valence-electron chi connectivity index (χ2n) is 9.52. The number of nitrogens with zero attached hydrogens (tertiary/aromatic N) is 3. The van der Waals surface area contributed by atoms with Crippen LogP contribution < -0.4 is 15.0 Å². The molecule has 3 amide bonds. The zero-order valence-electron chi connectivity index (χ0n) is 21.1. The van der Waals surface area contributed by atoms with Crippen LogP contribution in [0.3, 0.4) is 0 Å². The summed E-state index contributed by atoms with van der Waals surface area (Å²) in [5.74, 6) is 0.307. The fourth-order valence-electron chi connectivity index (χ4n) is 5.23. The topological polar surface area (TPSA) is 82.2 Å². The molecule has 3 aromatic carbocycles. The Labute approximate surface area is 230 Å². The Morgan fingerprint density at radius 3 is 2.24 bits per heavy atom. The van der Waals surface area contributed by atoms with E-state index < -0.39 is 5.54 Å². The van der Waals surface area contributed by atoms with E-state index in [1.807, 2.05) is 47.4 Å². The summed E-state index contributed by atoms with van der Waals surface area (Å²) in [6.07, 6.45) is 0.971. The number of piperidine rings is 1. The third-order valence-corrected chi connectivity index (χ3v) is 7.79. The summed E-state index contributed by atoms with van der Waals surface area (Å²) >= 11 is 3.41. The Morgan fingerprint density at radius 1 is 0.947 bits per heavy atom. The number of halogens is 1. The van der Waals surface area contributed by atoms with Gasteiger partial charge in [-0.1, -0.05) is 34.1 Å². The summed E-state index contributed by atoms with van der Waals surface area (Å²) in [7, 11) is 1.59. The molecular formula is C29H29BrN4O4. The predicted molar refractivity (Wildman–Crippen MR) is 149 cm³/mol. The molecule has 1 spiro atoms. The molecule has 8 nitrogen and oxygen atoms in total.